The molecule has 0 aromatic heterocycles. The summed E-state index contributed by atoms with van der Waals surface area (Å²) in [7, 11) is 0. The van der Waals surface area contributed by atoms with Gasteiger partial charge in [0.25, 0.3) is 0 Å². The van der Waals surface area contributed by atoms with Crippen LogP contribution in [0.25, 0.3) is 0 Å². The Morgan fingerprint density at radius 2 is 1.80 bits per heavy atom. The van der Waals surface area contributed by atoms with Crippen LogP contribution in [0.3, 0.4) is 0 Å². The largest absolute Gasteiger partial charge is 0.288 e. The summed E-state index contributed by atoms with van der Waals surface area (Å²) in [6.45, 7) is 10.2. The predicted octanol–water partition coefficient (Wildman–Crippen LogP) is 2.09. The van der Waals surface area contributed by atoms with Gasteiger partial charge in [0.1, 0.15) is 0 Å². The third-order valence-corrected chi connectivity index (χ3v) is 2.91. The third-order valence-electron chi connectivity index (χ3n) is 2.91. The minimum atomic E-state index is -0.152. The summed E-state index contributed by atoms with van der Waals surface area (Å²) in [6, 6.07) is 0. The molecule has 15 heavy (non-hydrogen) atoms. The molecule has 0 radical (unpaired) electrons. The van der Waals surface area contributed by atoms with Gasteiger partial charge in [-0.25, -0.2) is 0 Å². The van der Waals surface area contributed by atoms with Crippen molar-refractivity contribution in [2.75, 3.05) is 13.1 Å². The Balaban J connectivity index is 2.65. The molecule has 1 fully saturated rings. The molecule has 0 unspecified atom stereocenters. The van der Waals surface area contributed by atoms with E-state index >= 15 is 0 Å². The highest BCUT2D eigenvalue weighted by Gasteiger charge is 2.27. The Morgan fingerprint density at radius 3 is 2.27 bits per heavy atom. The maximum absolute atomic E-state index is 11.4. The number of carbonyl (C=O) groups is 1. The average molecular weight is 207 g/mol. The van der Waals surface area contributed by atoms with Crippen LogP contribution in [0.4, 0.5) is 0 Å². The van der Waals surface area contributed by atoms with Crippen molar-refractivity contribution in [1.82, 2.24) is 4.90 Å². The van der Waals surface area contributed by atoms with Crippen molar-refractivity contribution in [3.05, 3.63) is 0 Å². The quantitative estimate of drug-likeness (QED) is 0.510. The normalized spacial score (nSPS) is 17.7. The number of Topliss-reactive ketones (excluding diaryl/α,β-unsaturated/α-hetero) is 1. The number of carbonyl (C=O) groups excluding carboxylic acids is 1. The van der Waals surface area contributed by atoms with Gasteiger partial charge in [-0.05, 0) is 45.7 Å². The van der Waals surface area contributed by atoms with Crippen LogP contribution in [0, 0.1) is 17.8 Å². The van der Waals surface area contributed by atoms with Crippen LogP contribution in [0.1, 0.15) is 40.5 Å². The van der Waals surface area contributed by atoms with Crippen LogP contribution in [0.5, 0.6) is 0 Å². The van der Waals surface area contributed by atoms with Crippen molar-refractivity contribution < 1.29 is 4.79 Å². The first-order valence-corrected chi connectivity index (χ1v) is 5.75. The molecule has 1 rings (SSSR count). The summed E-state index contributed by atoms with van der Waals surface area (Å²) >= 11 is 0. The Kier molecular flexibility index (Phi) is 3.93. The van der Waals surface area contributed by atoms with Gasteiger partial charge in [0.2, 0.25) is 5.78 Å². The van der Waals surface area contributed by atoms with E-state index in [0.29, 0.717) is 0 Å². The second kappa shape index (κ2) is 4.81. The minimum absolute atomic E-state index is 0.0203. The number of hydrogen-bond acceptors (Lipinski definition) is 2. The van der Waals surface area contributed by atoms with Crippen molar-refractivity contribution in [1.29, 1.82) is 0 Å². The van der Waals surface area contributed by atoms with Gasteiger partial charge in [-0.15, -0.1) is 0 Å². The summed E-state index contributed by atoms with van der Waals surface area (Å²) in [6.07, 6.45) is 2.51. The number of nitrogens with zero attached hydrogens (tertiary/aromatic N) is 1. The fourth-order valence-electron chi connectivity index (χ4n) is 1.71. The van der Waals surface area contributed by atoms with Gasteiger partial charge >= 0.3 is 0 Å². The molecule has 0 saturated carbocycles. The molecular weight excluding hydrogens is 186 g/mol. The molecule has 0 aromatic rings. The van der Waals surface area contributed by atoms with E-state index in [1.165, 1.54) is 12.8 Å². The molecule has 84 valence electrons. The highest BCUT2D eigenvalue weighted by molar-refractivity contribution is 5.97. The van der Waals surface area contributed by atoms with Crippen LogP contribution in [-0.2, 0) is 4.79 Å². The molecule has 0 aromatic carbocycles. The van der Waals surface area contributed by atoms with Crippen molar-refractivity contribution >= 4 is 5.78 Å². The van der Waals surface area contributed by atoms with Gasteiger partial charge in [0.15, 0.2) is 0 Å². The summed E-state index contributed by atoms with van der Waals surface area (Å²) in [5.74, 6) is 5.94. The maximum Gasteiger partial charge on any atom is 0.208 e. The van der Waals surface area contributed by atoms with Crippen molar-refractivity contribution in [2.45, 2.75) is 46.1 Å². The third kappa shape index (κ3) is 3.35. The van der Waals surface area contributed by atoms with Gasteiger partial charge in [-0.3, -0.25) is 9.69 Å². The van der Waals surface area contributed by atoms with E-state index in [2.05, 4.69) is 30.6 Å². The second-order valence-electron chi connectivity index (χ2n) is 5.02. The lowest BCUT2D eigenvalue weighted by Crippen LogP contribution is -2.40. The first-order chi connectivity index (χ1) is 6.93. The number of likely N-dealkylation sites (tertiary alicyclic amines) is 1. The monoisotopic (exact) mass is 207 g/mol. The zero-order chi connectivity index (χ0) is 11.5. The highest BCUT2D eigenvalue weighted by atomic mass is 16.1. The zero-order valence-electron chi connectivity index (χ0n) is 10.3. The van der Waals surface area contributed by atoms with E-state index in [1.54, 1.807) is 0 Å². The molecule has 0 amide bonds. The Morgan fingerprint density at radius 1 is 1.27 bits per heavy atom. The molecule has 2 heteroatoms. The zero-order valence-corrected chi connectivity index (χ0v) is 10.3. The minimum Gasteiger partial charge on any atom is -0.288 e. The molecule has 0 bridgehead atoms. The van der Waals surface area contributed by atoms with Crippen LogP contribution >= 0.6 is 0 Å². The van der Waals surface area contributed by atoms with E-state index in [9.17, 15) is 4.79 Å². The van der Waals surface area contributed by atoms with Gasteiger partial charge in [-0.1, -0.05) is 19.8 Å². The number of hydrogen-bond donors (Lipinski definition) is 0. The predicted molar refractivity (Wildman–Crippen MR) is 62.5 cm³/mol. The Hall–Kier alpha value is -0.810. The van der Waals surface area contributed by atoms with E-state index in [-0.39, 0.29) is 17.2 Å². The molecule has 0 atom stereocenters. The van der Waals surface area contributed by atoms with Crippen LogP contribution in [0.15, 0.2) is 0 Å². The van der Waals surface area contributed by atoms with Gasteiger partial charge in [0.05, 0.1) is 5.54 Å². The number of ketones is 1. The lowest BCUT2D eigenvalue weighted by atomic mass is 10.0. The second-order valence-corrected chi connectivity index (χ2v) is 5.02. The van der Waals surface area contributed by atoms with Crippen LogP contribution in [0.2, 0.25) is 0 Å². The number of rotatable bonds is 2. The van der Waals surface area contributed by atoms with Crippen LogP contribution < -0.4 is 0 Å². The topological polar surface area (TPSA) is 20.3 Å². The van der Waals surface area contributed by atoms with E-state index in [1.807, 2.05) is 13.8 Å². The van der Waals surface area contributed by atoms with Crippen LogP contribution in [-0.4, -0.2) is 29.3 Å². The summed E-state index contributed by atoms with van der Waals surface area (Å²) < 4.78 is 0. The first-order valence-electron chi connectivity index (χ1n) is 5.75. The molecule has 1 aliphatic heterocycles. The van der Waals surface area contributed by atoms with Gasteiger partial charge in [-0.2, -0.15) is 0 Å². The molecular formula is C13H21NO. The fourth-order valence-corrected chi connectivity index (χ4v) is 1.71. The summed E-state index contributed by atoms with van der Waals surface area (Å²) in [5, 5.41) is 0. The van der Waals surface area contributed by atoms with Gasteiger partial charge in [0, 0.05) is 5.92 Å². The SMILES string of the molecule is CC(C)C(=O)C#CC(C)(C)N1CCCC1. The van der Waals surface area contributed by atoms with E-state index in [4.69, 9.17) is 0 Å². The Labute approximate surface area is 93.0 Å². The lowest BCUT2D eigenvalue weighted by molar-refractivity contribution is -0.116. The summed E-state index contributed by atoms with van der Waals surface area (Å²) in [5.41, 5.74) is -0.152. The standard InChI is InChI=1S/C13H21NO/c1-11(2)12(15)7-8-13(3,4)14-9-5-6-10-14/h11H,5-6,9-10H2,1-4H3. The highest BCUT2D eigenvalue weighted by Crippen LogP contribution is 2.19. The first kappa shape index (κ1) is 12.3. The van der Waals surface area contributed by atoms with Crippen molar-refractivity contribution in [3.63, 3.8) is 0 Å². The summed E-state index contributed by atoms with van der Waals surface area (Å²) in [4.78, 5) is 13.8. The van der Waals surface area contributed by atoms with E-state index < -0.39 is 0 Å². The average Bonchev–Trinajstić information content (AvgIpc) is 2.67. The maximum atomic E-state index is 11.4. The molecule has 1 heterocycles. The molecule has 0 aliphatic carbocycles. The molecule has 1 aliphatic rings. The lowest BCUT2D eigenvalue weighted by Gasteiger charge is -2.30. The molecule has 0 spiro atoms. The molecule has 1 saturated heterocycles. The Bertz CT molecular complexity index is 287. The van der Waals surface area contributed by atoms with Crippen molar-refractivity contribution in [2.24, 2.45) is 5.92 Å². The molecule has 0 N–H and O–H groups in total. The van der Waals surface area contributed by atoms with Crippen molar-refractivity contribution in [3.8, 4) is 11.8 Å². The smallest absolute Gasteiger partial charge is 0.208 e. The van der Waals surface area contributed by atoms with E-state index in [0.717, 1.165) is 13.1 Å². The molecule has 2 nitrogen and oxygen atoms in total. The van der Waals surface area contributed by atoms with Gasteiger partial charge < -0.3 is 0 Å². The fraction of sp³-hybridized carbons (Fsp3) is 0.769.